The third-order valence-corrected chi connectivity index (χ3v) is 8.14. The van der Waals surface area contributed by atoms with Crippen LogP contribution in [0.2, 0.25) is 10.0 Å². The summed E-state index contributed by atoms with van der Waals surface area (Å²) in [6.45, 7) is 0. The highest BCUT2D eigenvalue weighted by Crippen LogP contribution is 2.32. The van der Waals surface area contributed by atoms with E-state index in [-0.39, 0.29) is 11.6 Å². The topological polar surface area (TPSA) is 71.1 Å². The van der Waals surface area contributed by atoms with Crippen LogP contribution in [0.15, 0.2) is 58.3 Å². The van der Waals surface area contributed by atoms with E-state index in [1.807, 2.05) is 61.0 Å². The maximum absolute atomic E-state index is 12.6. The first-order chi connectivity index (χ1) is 17.8. The van der Waals surface area contributed by atoms with Crippen LogP contribution in [0.3, 0.4) is 0 Å². The molecule has 0 saturated carbocycles. The van der Waals surface area contributed by atoms with Crippen molar-refractivity contribution in [2.45, 2.75) is 31.8 Å². The molecule has 0 bridgehead atoms. The second kappa shape index (κ2) is 18.8. The fourth-order valence-electron chi connectivity index (χ4n) is 3.31. The van der Waals surface area contributed by atoms with E-state index in [0.29, 0.717) is 34.9 Å². The van der Waals surface area contributed by atoms with Crippen LogP contribution in [0.1, 0.15) is 17.5 Å². The maximum Gasteiger partial charge on any atom is 0.221 e. The van der Waals surface area contributed by atoms with Gasteiger partial charge in [0.25, 0.3) is 0 Å². The summed E-state index contributed by atoms with van der Waals surface area (Å²) in [5, 5.41) is 1.33. The molecule has 2 aromatic carbocycles. The number of carbonyl (C=O) groups is 2. The largest absolute Gasteiger partial charge is 0.349 e. The average Bonchev–Trinajstić information content (AvgIpc) is 2.91. The van der Waals surface area contributed by atoms with Gasteiger partial charge in [0.1, 0.15) is 0 Å². The Bertz CT molecular complexity index is 1020. The average molecular weight is 590 g/mol. The Labute approximate surface area is 238 Å². The van der Waals surface area contributed by atoms with Gasteiger partial charge in [0, 0.05) is 61.1 Å². The van der Waals surface area contributed by atoms with Crippen molar-refractivity contribution in [1.29, 1.82) is 0 Å². The van der Waals surface area contributed by atoms with E-state index in [1.54, 1.807) is 0 Å². The standard InChI is InChI=1S/C15H19ClO3S2.C12H15ClO3/c1-18-14(19-2)13(17)11(15(20-3)21-4)9-10-7-5-6-8-12(10)16;1-15-12(16-2)11(14)8-7-9-5-3-4-6-10(9)13/h5-8,14H,9H2,1-4H3;3-6,12H,7-8H2,1-2H3. The van der Waals surface area contributed by atoms with E-state index in [4.69, 9.17) is 42.1 Å². The molecule has 2 rings (SSSR count). The van der Waals surface area contributed by atoms with Gasteiger partial charge >= 0.3 is 0 Å². The predicted octanol–water partition coefficient (Wildman–Crippen LogP) is 6.47. The first-order valence-electron chi connectivity index (χ1n) is 11.2. The van der Waals surface area contributed by atoms with Crippen LogP contribution in [0.25, 0.3) is 0 Å². The SMILES string of the molecule is COC(OC)C(=O)C(Cc1ccccc1Cl)=C(SC)SC.COC(OC)C(=O)CCc1ccccc1Cl. The van der Waals surface area contributed by atoms with Gasteiger partial charge in [0.2, 0.25) is 18.4 Å². The molecule has 0 aliphatic rings. The Morgan fingerprint density at radius 2 is 1.22 bits per heavy atom. The summed E-state index contributed by atoms with van der Waals surface area (Å²) in [6, 6.07) is 15.0. The fraction of sp³-hybridized carbons (Fsp3) is 0.407. The van der Waals surface area contributed by atoms with Crippen molar-refractivity contribution in [3.63, 3.8) is 0 Å². The van der Waals surface area contributed by atoms with Crippen LogP contribution in [-0.2, 0) is 41.4 Å². The van der Waals surface area contributed by atoms with Crippen LogP contribution in [0, 0.1) is 0 Å². The molecule has 0 aromatic heterocycles. The van der Waals surface area contributed by atoms with Gasteiger partial charge in [-0.25, -0.2) is 0 Å². The summed E-state index contributed by atoms with van der Waals surface area (Å²) in [5.41, 5.74) is 2.54. The minimum atomic E-state index is -0.892. The number of ketones is 2. The predicted molar refractivity (Wildman–Crippen MR) is 155 cm³/mol. The molecule has 0 aliphatic heterocycles. The lowest BCUT2D eigenvalue weighted by Crippen LogP contribution is -2.27. The normalized spacial score (nSPS) is 10.8. The zero-order valence-electron chi connectivity index (χ0n) is 21.9. The van der Waals surface area contributed by atoms with E-state index in [9.17, 15) is 9.59 Å². The number of hydrogen-bond donors (Lipinski definition) is 0. The van der Waals surface area contributed by atoms with E-state index < -0.39 is 12.6 Å². The van der Waals surface area contributed by atoms with E-state index in [1.165, 1.54) is 52.0 Å². The van der Waals surface area contributed by atoms with Gasteiger partial charge in [0.05, 0.1) is 0 Å². The monoisotopic (exact) mass is 588 g/mol. The van der Waals surface area contributed by atoms with Gasteiger partial charge in [-0.05, 0) is 42.2 Å². The number of hydrogen-bond acceptors (Lipinski definition) is 8. The van der Waals surface area contributed by atoms with Crippen molar-refractivity contribution in [3.05, 3.63) is 79.5 Å². The molecule has 0 amide bonds. The third-order valence-electron chi connectivity index (χ3n) is 5.17. The number of methoxy groups -OCH3 is 4. The first-order valence-corrected chi connectivity index (χ1v) is 14.4. The van der Waals surface area contributed by atoms with E-state index in [2.05, 4.69) is 0 Å². The van der Waals surface area contributed by atoms with Crippen LogP contribution in [-0.4, -0.2) is 65.1 Å². The van der Waals surface area contributed by atoms with Crippen LogP contribution < -0.4 is 0 Å². The Morgan fingerprint density at radius 3 is 1.65 bits per heavy atom. The van der Waals surface area contributed by atoms with Crippen molar-refractivity contribution in [2.75, 3.05) is 41.0 Å². The molecule has 0 spiro atoms. The number of carbonyl (C=O) groups excluding carboxylic acids is 2. The summed E-state index contributed by atoms with van der Waals surface area (Å²) in [5.74, 6) is -0.247. The highest BCUT2D eigenvalue weighted by molar-refractivity contribution is 8.21. The van der Waals surface area contributed by atoms with Crippen LogP contribution >= 0.6 is 46.7 Å². The Balaban J connectivity index is 0.000000384. The molecular formula is C27H34Cl2O6S2. The zero-order chi connectivity index (χ0) is 27.8. The number of ether oxygens (including phenoxy) is 4. The molecule has 0 radical (unpaired) electrons. The zero-order valence-corrected chi connectivity index (χ0v) is 25.1. The van der Waals surface area contributed by atoms with Crippen LogP contribution in [0.4, 0.5) is 0 Å². The molecule has 0 unspecified atom stereocenters. The minimum Gasteiger partial charge on any atom is -0.349 e. The summed E-state index contributed by atoms with van der Waals surface area (Å²) in [4.78, 5) is 24.2. The summed E-state index contributed by atoms with van der Waals surface area (Å²) < 4.78 is 20.9. The number of benzene rings is 2. The van der Waals surface area contributed by atoms with Gasteiger partial charge in [-0.1, -0.05) is 59.6 Å². The molecule has 204 valence electrons. The highest BCUT2D eigenvalue weighted by atomic mass is 35.5. The Morgan fingerprint density at radius 1 is 0.757 bits per heavy atom. The van der Waals surface area contributed by atoms with Gasteiger partial charge < -0.3 is 18.9 Å². The second-order valence-corrected chi connectivity index (χ2v) is 10.2. The second-order valence-electron chi connectivity index (χ2n) is 7.47. The lowest BCUT2D eigenvalue weighted by molar-refractivity contribution is -0.156. The molecule has 0 saturated heterocycles. The van der Waals surface area contributed by atoms with Crippen molar-refractivity contribution < 1.29 is 28.5 Å². The quantitative estimate of drug-likeness (QED) is 0.184. The summed E-state index contributed by atoms with van der Waals surface area (Å²) in [7, 11) is 5.80. The Kier molecular flexibility index (Phi) is 17.1. The van der Waals surface area contributed by atoms with Crippen molar-refractivity contribution in [2.24, 2.45) is 0 Å². The number of Topliss-reactive ketones (excluding diaryl/α,β-unsaturated/α-hetero) is 2. The number of rotatable bonds is 14. The van der Waals surface area contributed by atoms with Gasteiger partial charge in [-0.15, -0.1) is 23.5 Å². The smallest absolute Gasteiger partial charge is 0.221 e. The van der Waals surface area contributed by atoms with Gasteiger partial charge in [-0.2, -0.15) is 0 Å². The number of thioether (sulfide) groups is 2. The van der Waals surface area contributed by atoms with E-state index in [0.717, 1.165) is 15.4 Å². The molecule has 0 fully saturated rings. The van der Waals surface area contributed by atoms with Crippen molar-refractivity contribution in [3.8, 4) is 0 Å². The lowest BCUT2D eigenvalue weighted by atomic mass is 10.0. The molecule has 0 N–H and O–H groups in total. The molecule has 37 heavy (non-hydrogen) atoms. The highest BCUT2D eigenvalue weighted by Gasteiger charge is 2.25. The van der Waals surface area contributed by atoms with Crippen molar-refractivity contribution in [1.82, 2.24) is 0 Å². The minimum absolute atomic E-state index is 0.0788. The fourth-order valence-corrected chi connectivity index (χ4v) is 5.25. The number of halogens is 2. The molecule has 10 heteroatoms. The van der Waals surface area contributed by atoms with E-state index >= 15 is 0 Å². The number of aryl methyl sites for hydroxylation is 1. The molecule has 0 atom stereocenters. The van der Waals surface area contributed by atoms with Crippen molar-refractivity contribution >= 4 is 58.3 Å². The van der Waals surface area contributed by atoms with Crippen LogP contribution in [0.5, 0.6) is 0 Å². The van der Waals surface area contributed by atoms with Gasteiger partial charge in [0.15, 0.2) is 5.78 Å². The lowest BCUT2D eigenvalue weighted by Gasteiger charge is -2.17. The summed E-state index contributed by atoms with van der Waals surface area (Å²) in [6.07, 6.45) is 3.64. The third kappa shape index (κ3) is 11.1. The first kappa shape index (κ1) is 33.7. The molecular weight excluding hydrogens is 555 g/mol. The Hall–Kier alpha value is -1.36. The summed E-state index contributed by atoms with van der Waals surface area (Å²) >= 11 is 15.3. The molecule has 0 aliphatic carbocycles. The molecule has 2 aromatic rings. The molecule has 0 heterocycles. The van der Waals surface area contributed by atoms with Gasteiger partial charge in [-0.3, -0.25) is 9.59 Å². The molecule has 6 nitrogen and oxygen atoms in total. The maximum atomic E-state index is 12.6.